The number of carbonyl (C=O) groups is 3. The van der Waals surface area contributed by atoms with Crippen molar-refractivity contribution in [1.29, 1.82) is 0 Å². The van der Waals surface area contributed by atoms with Gasteiger partial charge in [-0.25, -0.2) is 0 Å². The normalized spacial score (nSPS) is 28.1. The van der Waals surface area contributed by atoms with Gasteiger partial charge in [0.15, 0.2) is 0 Å². The Morgan fingerprint density at radius 2 is 1.74 bits per heavy atom. The maximum absolute atomic E-state index is 14.0. The van der Waals surface area contributed by atoms with Crippen molar-refractivity contribution in [2.45, 2.75) is 109 Å². The van der Waals surface area contributed by atoms with Gasteiger partial charge in [-0.3, -0.25) is 14.4 Å². The summed E-state index contributed by atoms with van der Waals surface area (Å²) in [6.07, 6.45) is 4.85. The standard InChI is InChI=1S/C31H47N3O5/c1-29(2,3)20-30(4,5)33-27(37)25-31-16-15-22(39-31)23(26(36)32-19-21-13-9-8-10-14-21)24(31)28(38)34(25)17-11-6-7-12-18-35/h8-10,13-14,22-25,35H,6-7,11-12,15-20H2,1-5H3,(H,32,36)(H,33,37)/t22-,23+,24-,25?,31?/m0/s1. The molecule has 0 radical (unpaired) electrons. The first-order valence-electron chi connectivity index (χ1n) is 14.6. The number of likely N-dealkylation sites (tertiary alicyclic amines) is 1. The largest absolute Gasteiger partial charge is 0.396 e. The molecule has 1 spiro atoms. The average molecular weight is 542 g/mol. The highest BCUT2D eigenvalue weighted by atomic mass is 16.5. The fraction of sp³-hybridized carbons (Fsp3) is 0.710. The Kier molecular flexibility index (Phi) is 8.76. The Hall–Kier alpha value is -2.45. The zero-order chi connectivity index (χ0) is 28.4. The van der Waals surface area contributed by atoms with Gasteiger partial charge in [-0.2, -0.15) is 0 Å². The minimum Gasteiger partial charge on any atom is -0.396 e. The molecule has 1 aromatic carbocycles. The van der Waals surface area contributed by atoms with E-state index in [1.165, 1.54) is 0 Å². The average Bonchev–Trinajstić information content (AvgIpc) is 3.48. The number of fused-ring (bicyclic) bond motifs is 1. The second kappa shape index (κ2) is 11.6. The number of rotatable bonds is 12. The van der Waals surface area contributed by atoms with Gasteiger partial charge in [0, 0.05) is 25.2 Å². The second-order valence-corrected chi connectivity index (χ2v) is 13.5. The first kappa shape index (κ1) is 29.5. The van der Waals surface area contributed by atoms with Crippen molar-refractivity contribution in [2.75, 3.05) is 13.2 Å². The maximum atomic E-state index is 14.0. The number of aliphatic hydroxyl groups is 1. The van der Waals surface area contributed by atoms with E-state index in [2.05, 4.69) is 31.4 Å². The fourth-order valence-electron chi connectivity index (χ4n) is 7.42. The van der Waals surface area contributed by atoms with Gasteiger partial charge in [-0.05, 0) is 56.9 Å². The highest BCUT2D eigenvalue weighted by Crippen LogP contribution is 2.58. The van der Waals surface area contributed by atoms with Crippen LogP contribution in [0.2, 0.25) is 0 Å². The Balaban J connectivity index is 1.57. The maximum Gasteiger partial charge on any atom is 0.246 e. The number of nitrogens with one attached hydrogen (secondary N) is 2. The minimum absolute atomic E-state index is 0.0136. The molecule has 8 heteroatoms. The van der Waals surface area contributed by atoms with Gasteiger partial charge in [0.1, 0.15) is 11.6 Å². The smallest absolute Gasteiger partial charge is 0.246 e. The highest BCUT2D eigenvalue weighted by molar-refractivity contribution is 5.99. The Morgan fingerprint density at radius 3 is 2.41 bits per heavy atom. The summed E-state index contributed by atoms with van der Waals surface area (Å²) in [5.74, 6) is -1.78. The van der Waals surface area contributed by atoms with Gasteiger partial charge in [0.05, 0.1) is 17.9 Å². The number of amides is 3. The quantitative estimate of drug-likeness (QED) is 0.351. The van der Waals surface area contributed by atoms with Crippen LogP contribution in [0.5, 0.6) is 0 Å². The predicted molar refractivity (Wildman–Crippen MR) is 149 cm³/mol. The van der Waals surface area contributed by atoms with Crippen molar-refractivity contribution in [3.05, 3.63) is 35.9 Å². The number of benzene rings is 1. The molecular weight excluding hydrogens is 494 g/mol. The molecule has 3 heterocycles. The molecule has 3 saturated heterocycles. The van der Waals surface area contributed by atoms with Crippen LogP contribution in [0, 0.1) is 17.3 Å². The molecule has 8 nitrogen and oxygen atoms in total. The summed E-state index contributed by atoms with van der Waals surface area (Å²) in [4.78, 5) is 43.3. The lowest BCUT2D eigenvalue weighted by Gasteiger charge is -2.38. The lowest BCUT2D eigenvalue weighted by molar-refractivity contribution is -0.143. The van der Waals surface area contributed by atoms with Crippen molar-refractivity contribution >= 4 is 17.7 Å². The van der Waals surface area contributed by atoms with E-state index in [1.54, 1.807) is 4.90 Å². The van der Waals surface area contributed by atoms with E-state index in [4.69, 9.17) is 9.84 Å². The van der Waals surface area contributed by atoms with Crippen LogP contribution in [0.3, 0.4) is 0 Å². The van der Waals surface area contributed by atoms with Gasteiger partial charge in [0.25, 0.3) is 0 Å². The number of unbranched alkanes of at least 4 members (excludes halogenated alkanes) is 3. The summed E-state index contributed by atoms with van der Waals surface area (Å²) >= 11 is 0. The minimum atomic E-state index is -0.983. The van der Waals surface area contributed by atoms with Crippen molar-refractivity contribution in [3.8, 4) is 0 Å². The number of hydrogen-bond acceptors (Lipinski definition) is 5. The molecule has 3 N–H and O–H groups in total. The van der Waals surface area contributed by atoms with E-state index >= 15 is 0 Å². The SMILES string of the molecule is CC(C)(C)CC(C)(C)NC(=O)C1N(CCCCCCO)C(=O)[C@@H]2[C@H](C(=O)NCc3ccccc3)[C@@H]3CCC12O3. The van der Waals surface area contributed by atoms with Gasteiger partial charge < -0.3 is 25.4 Å². The summed E-state index contributed by atoms with van der Waals surface area (Å²) in [6.45, 7) is 11.5. The summed E-state index contributed by atoms with van der Waals surface area (Å²) in [5, 5.41) is 15.4. The summed E-state index contributed by atoms with van der Waals surface area (Å²) < 4.78 is 6.55. The van der Waals surface area contributed by atoms with E-state index in [0.717, 1.165) is 37.7 Å². The zero-order valence-corrected chi connectivity index (χ0v) is 24.3. The van der Waals surface area contributed by atoms with Crippen molar-refractivity contribution in [2.24, 2.45) is 17.3 Å². The highest BCUT2D eigenvalue weighted by Gasteiger charge is 2.74. The number of aliphatic hydroxyl groups excluding tert-OH is 1. The van der Waals surface area contributed by atoms with Crippen LogP contribution in [0.15, 0.2) is 30.3 Å². The third-order valence-electron chi connectivity index (χ3n) is 8.40. The lowest BCUT2D eigenvalue weighted by Crippen LogP contribution is -2.59. The summed E-state index contributed by atoms with van der Waals surface area (Å²) in [6, 6.07) is 8.95. The number of hydrogen-bond donors (Lipinski definition) is 3. The molecule has 2 unspecified atom stereocenters. The van der Waals surface area contributed by atoms with Crippen LogP contribution in [-0.2, 0) is 25.7 Å². The van der Waals surface area contributed by atoms with E-state index in [1.807, 2.05) is 44.2 Å². The van der Waals surface area contributed by atoms with Gasteiger partial charge in [0.2, 0.25) is 17.7 Å². The molecule has 0 aromatic heterocycles. The molecule has 0 aliphatic carbocycles. The molecule has 216 valence electrons. The molecule has 3 fully saturated rings. The second-order valence-electron chi connectivity index (χ2n) is 13.5. The number of ether oxygens (including phenoxy) is 1. The van der Waals surface area contributed by atoms with E-state index in [-0.39, 0.29) is 35.8 Å². The predicted octanol–water partition coefficient (Wildman–Crippen LogP) is 3.56. The molecule has 5 atom stereocenters. The van der Waals surface area contributed by atoms with Crippen LogP contribution in [-0.4, -0.2) is 64.2 Å². The summed E-state index contributed by atoms with van der Waals surface area (Å²) in [5.41, 5.74) is -0.447. The molecule has 1 aromatic rings. The molecule has 2 bridgehead atoms. The zero-order valence-electron chi connectivity index (χ0n) is 24.3. The fourth-order valence-corrected chi connectivity index (χ4v) is 7.42. The topological polar surface area (TPSA) is 108 Å². The first-order chi connectivity index (χ1) is 18.4. The molecule has 4 rings (SSSR count). The molecule has 3 aliphatic heterocycles. The molecular formula is C31H47N3O5. The van der Waals surface area contributed by atoms with Crippen molar-refractivity contribution < 1.29 is 24.2 Å². The Morgan fingerprint density at radius 1 is 1.05 bits per heavy atom. The van der Waals surface area contributed by atoms with E-state index in [9.17, 15) is 14.4 Å². The molecule has 3 aliphatic rings. The van der Waals surface area contributed by atoms with Gasteiger partial charge in [-0.15, -0.1) is 0 Å². The third kappa shape index (κ3) is 6.32. The lowest BCUT2D eigenvalue weighted by atomic mass is 9.70. The Labute approximate surface area is 233 Å². The monoisotopic (exact) mass is 541 g/mol. The van der Waals surface area contributed by atoms with Crippen molar-refractivity contribution in [1.82, 2.24) is 15.5 Å². The number of nitrogens with zero attached hydrogens (tertiary/aromatic N) is 1. The third-order valence-corrected chi connectivity index (χ3v) is 8.40. The molecule has 0 saturated carbocycles. The van der Waals surface area contributed by atoms with Crippen LogP contribution in [0.1, 0.15) is 85.1 Å². The summed E-state index contributed by atoms with van der Waals surface area (Å²) in [7, 11) is 0. The van der Waals surface area contributed by atoms with Crippen LogP contribution < -0.4 is 10.6 Å². The van der Waals surface area contributed by atoms with Crippen LogP contribution in [0.4, 0.5) is 0 Å². The Bertz CT molecular complexity index is 1040. The van der Waals surface area contributed by atoms with Crippen molar-refractivity contribution in [3.63, 3.8) is 0 Å². The van der Waals surface area contributed by atoms with Crippen LogP contribution in [0.25, 0.3) is 0 Å². The number of carbonyl (C=O) groups excluding carboxylic acids is 3. The van der Waals surface area contributed by atoms with E-state index < -0.39 is 29.0 Å². The molecule has 3 amide bonds. The first-order valence-corrected chi connectivity index (χ1v) is 14.6. The van der Waals surface area contributed by atoms with Gasteiger partial charge in [-0.1, -0.05) is 63.9 Å². The van der Waals surface area contributed by atoms with Gasteiger partial charge >= 0.3 is 0 Å². The van der Waals surface area contributed by atoms with E-state index in [0.29, 0.717) is 25.9 Å². The van der Waals surface area contributed by atoms with Crippen LogP contribution >= 0.6 is 0 Å². The molecule has 39 heavy (non-hydrogen) atoms.